The van der Waals surface area contributed by atoms with Gasteiger partial charge in [0.2, 0.25) is 5.95 Å². The Morgan fingerprint density at radius 3 is 2.83 bits per heavy atom. The molecule has 24 heavy (non-hydrogen) atoms. The molecule has 0 aliphatic carbocycles. The fourth-order valence-corrected chi connectivity index (χ4v) is 2.99. The summed E-state index contributed by atoms with van der Waals surface area (Å²) >= 11 is 0. The van der Waals surface area contributed by atoms with Gasteiger partial charge in [-0.05, 0) is 38.5 Å². The van der Waals surface area contributed by atoms with Crippen LogP contribution in [-0.4, -0.2) is 34.3 Å². The molecule has 0 saturated heterocycles. The Labute approximate surface area is 140 Å². The number of hydrogen-bond donors (Lipinski definition) is 1. The molecule has 7 heteroatoms. The molecule has 0 bridgehead atoms. The van der Waals surface area contributed by atoms with Gasteiger partial charge in [0, 0.05) is 11.3 Å². The zero-order chi connectivity index (χ0) is 17.3. The maximum absolute atomic E-state index is 12.2. The van der Waals surface area contributed by atoms with Gasteiger partial charge in [0.15, 0.2) is 17.3 Å². The van der Waals surface area contributed by atoms with E-state index in [1.807, 2.05) is 32.0 Å². The van der Waals surface area contributed by atoms with Crippen LogP contribution < -0.4 is 14.8 Å². The van der Waals surface area contributed by atoms with Gasteiger partial charge in [-0.2, -0.15) is 10.1 Å². The number of nitrogens with one attached hydrogen (secondary N) is 1. The highest BCUT2D eigenvalue weighted by Crippen LogP contribution is 2.38. The summed E-state index contributed by atoms with van der Waals surface area (Å²) in [5.74, 6) is 1.88. The fraction of sp³-hybridized carbons (Fsp3) is 0.353. The van der Waals surface area contributed by atoms with Gasteiger partial charge in [0.05, 0.1) is 13.7 Å². The first-order chi connectivity index (χ1) is 11.6. The van der Waals surface area contributed by atoms with Crippen molar-refractivity contribution >= 4 is 11.7 Å². The van der Waals surface area contributed by atoms with Gasteiger partial charge in [-0.1, -0.05) is 6.07 Å². The molecule has 0 radical (unpaired) electrons. The number of carbonyl (C=O) groups excluding carboxylic acids is 1. The topological polar surface area (TPSA) is 78.3 Å². The normalized spacial score (nSPS) is 16.4. The zero-order valence-corrected chi connectivity index (χ0v) is 14.2. The largest absolute Gasteiger partial charge is 0.493 e. The number of hydrogen-bond acceptors (Lipinski definition) is 6. The van der Waals surface area contributed by atoms with Gasteiger partial charge < -0.3 is 14.8 Å². The van der Waals surface area contributed by atoms with E-state index >= 15 is 0 Å². The molecule has 2 heterocycles. The van der Waals surface area contributed by atoms with Crippen LogP contribution in [0.1, 0.15) is 32.4 Å². The molecule has 0 saturated carbocycles. The van der Waals surface area contributed by atoms with E-state index in [1.54, 1.807) is 18.7 Å². The average Bonchev–Trinajstić information content (AvgIpc) is 3.01. The van der Waals surface area contributed by atoms with Crippen molar-refractivity contribution in [2.75, 3.05) is 19.0 Å². The van der Waals surface area contributed by atoms with Gasteiger partial charge in [-0.15, -0.1) is 0 Å². The maximum Gasteiger partial charge on any atom is 0.226 e. The summed E-state index contributed by atoms with van der Waals surface area (Å²) in [5.41, 5.74) is 2.32. The number of fused-ring (bicyclic) bond motifs is 1. The number of aromatic nitrogens is 3. The van der Waals surface area contributed by atoms with E-state index in [2.05, 4.69) is 15.4 Å². The minimum Gasteiger partial charge on any atom is -0.493 e. The highest BCUT2D eigenvalue weighted by Gasteiger charge is 2.32. The van der Waals surface area contributed by atoms with Gasteiger partial charge in [0.25, 0.3) is 0 Å². The molecule has 126 valence electrons. The van der Waals surface area contributed by atoms with Crippen molar-refractivity contribution < 1.29 is 14.3 Å². The molecule has 0 spiro atoms. The first-order valence-corrected chi connectivity index (χ1v) is 7.75. The number of ether oxygens (including phenoxy) is 2. The molecular weight excluding hydrogens is 308 g/mol. The van der Waals surface area contributed by atoms with Crippen LogP contribution >= 0.6 is 0 Å². The molecule has 0 amide bonds. The Hall–Kier alpha value is -2.83. The van der Waals surface area contributed by atoms with E-state index in [0.717, 1.165) is 11.3 Å². The second kappa shape index (κ2) is 6.35. The Morgan fingerprint density at radius 2 is 2.17 bits per heavy atom. The van der Waals surface area contributed by atoms with Gasteiger partial charge in [0.1, 0.15) is 12.4 Å². The van der Waals surface area contributed by atoms with Crippen molar-refractivity contribution in [1.82, 2.24) is 14.8 Å². The average molecular weight is 328 g/mol. The van der Waals surface area contributed by atoms with Crippen LogP contribution in [0.2, 0.25) is 0 Å². The van der Waals surface area contributed by atoms with Crippen LogP contribution in [0.5, 0.6) is 11.5 Å². The predicted octanol–water partition coefficient (Wildman–Crippen LogP) is 2.56. The van der Waals surface area contributed by atoms with Crippen LogP contribution in [0.15, 0.2) is 35.8 Å². The van der Waals surface area contributed by atoms with Gasteiger partial charge >= 0.3 is 0 Å². The Kier molecular flexibility index (Phi) is 4.24. The number of allylic oxidation sites excluding steroid dienone is 2. The molecule has 1 N–H and O–H groups in total. The molecule has 1 aliphatic rings. The number of ketones is 1. The van der Waals surface area contributed by atoms with Crippen molar-refractivity contribution in [2.24, 2.45) is 0 Å². The summed E-state index contributed by atoms with van der Waals surface area (Å²) in [6.07, 6.45) is 1.47. The van der Waals surface area contributed by atoms with Crippen molar-refractivity contribution in [1.29, 1.82) is 0 Å². The number of carbonyl (C=O) groups is 1. The highest BCUT2D eigenvalue weighted by molar-refractivity contribution is 5.96. The quantitative estimate of drug-likeness (QED) is 0.909. The molecule has 1 atom stereocenters. The van der Waals surface area contributed by atoms with E-state index in [4.69, 9.17) is 9.47 Å². The number of anilines is 1. The summed E-state index contributed by atoms with van der Waals surface area (Å²) in [6, 6.07) is 5.29. The van der Waals surface area contributed by atoms with Gasteiger partial charge in [-0.3, -0.25) is 4.79 Å². The molecule has 1 aromatic heterocycles. The molecule has 3 rings (SSSR count). The molecule has 2 aromatic rings. The van der Waals surface area contributed by atoms with Crippen LogP contribution in [0, 0.1) is 0 Å². The minimum atomic E-state index is -0.355. The first-order valence-electron chi connectivity index (χ1n) is 7.75. The minimum absolute atomic E-state index is 0.0140. The smallest absolute Gasteiger partial charge is 0.226 e. The van der Waals surface area contributed by atoms with Crippen LogP contribution in [0.25, 0.3) is 0 Å². The summed E-state index contributed by atoms with van der Waals surface area (Å²) in [5, 5.41) is 7.41. The third-order valence-corrected chi connectivity index (χ3v) is 3.98. The molecule has 1 aliphatic heterocycles. The SMILES string of the molecule is CCOc1cc(C2C(C(C)=O)=C(C)Nc3ncnn32)ccc1OC. The number of benzene rings is 1. The molecule has 7 nitrogen and oxygen atoms in total. The molecule has 1 aromatic carbocycles. The number of rotatable bonds is 5. The van der Waals surface area contributed by atoms with E-state index in [9.17, 15) is 4.79 Å². The van der Waals surface area contributed by atoms with Crippen molar-refractivity contribution in [2.45, 2.75) is 26.8 Å². The van der Waals surface area contributed by atoms with E-state index in [0.29, 0.717) is 29.6 Å². The second-order valence-corrected chi connectivity index (χ2v) is 5.49. The van der Waals surface area contributed by atoms with E-state index in [1.165, 1.54) is 6.33 Å². The van der Waals surface area contributed by atoms with Crippen LogP contribution in [0.3, 0.4) is 0 Å². The Balaban J connectivity index is 2.16. The number of Topliss-reactive ketones (excluding diaryl/α,β-unsaturated/α-hetero) is 1. The summed E-state index contributed by atoms with van der Waals surface area (Å²) in [7, 11) is 1.60. The van der Waals surface area contributed by atoms with Crippen molar-refractivity contribution in [3.63, 3.8) is 0 Å². The third kappa shape index (κ3) is 2.62. The fourth-order valence-electron chi connectivity index (χ4n) is 2.99. The molecule has 0 fully saturated rings. The summed E-state index contributed by atoms with van der Waals surface area (Å²) in [6.45, 7) is 5.86. The van der Waals surface area contributed by atoms with Crippen LogP contribution in [0.4, 0.5) is 5.95 Å². The zero-order valence-electron chi connectivity index (χ0n) is 14.2. The molecule has 1 unspecified atom stereocenters. The Morgan fingerprint density at radius 1 is 1.38 bits per heavy atom. The number of methoxy groups -OCH3 is 1. The summed E-state index contributed by atoms with van der Waals surface area (Å²) < 4.78 is 12.7. The lowest BCUT2D eigenvalue weighted by molar-refractivity contribution is -0.114. The van der Waals surface area contributed by atoms with Gasteiger partial charge in [-0.25, -0.2) is 4.68 Å². The second-order valence-electron chi connectivity index (χ2n) is 5.49. The summed E-state index contributed by atoms with van der Waals surface area (Å²) in [4.78, 5) is 16.5. The lowest BCUT2D eigenvalue weighted by Gasteiger charge is -2.28. The Bertz CT molecular complexity index is 810. The monoisotopic (exact) mass is 328 g/mol. The van der Waals surface area contributed by atoms with E-state index < -0.39 is 0 Å². The standard InChI is InChI=1S/C17H20N4O3/c1-5-24-14-8-12(6-7-13(14)23-4)16-15(11(3)22)10(2)20-17-18-9-19-21(16)17/h6-9,16H,5H2,1-4H3,(H,18,19,20). The lowest BCUT2D eigenvalue weighted by Crippen LogP contribution is -2.27. The van der Waals surface area contributed by atoms with Crippen LogP contribution in [-0.2, 0) is 4.79 Å². The third-order valence-electron chi connectivity index (χ3n) is 3.98. The predicted molar refractivity (Wildman–Crippen MR) is 89.3 cm³/mol. The first kappa shape index (κ1) is 16.0. The highest BCUT2D eigenvalue weighted by atomic mass is 16.5. The maximum atomic E-state index is 12.2. The number of nitrogens with zero attached hydrogens (tertiary/aromatic N) is 3. The van der Waals surface area contributed by atoms with Crippen molar-refractivity contribution in [3.8, 4) is 11.5 Å². The van der Waals surface area contributed by atoms with Crippen molar-refractivity contribution in [3.05, 3.63) is 41.4 Å². The lowest BCUT2D eigenvalue weighted by atomic mass is 9.93. The molecular formula is C17H20N4O3. The van der Waals surface area contributed by atoms with E-state index in [-0.39, 0.29) is 11.8 Å².